The first-order chi connectivity index (χ1) is 13.9. The molecule has 1 heterocycles. The predicted molar refractivity (Wildman–Crippen MR) is 106 cm³/mol. The normalized spacial score (nSPS) is 21.7. The topological polar surface area (TPSA) is 92.8 Å². The largest absolute Gasteiger partial charge is 0.454 e. The van der Waals surface area contributed by atoms with Gasteiger partial charge in [-0.05, 0) is 43.9 Å². The van der Waals surface area contributed by atoms with Crippen LogP contribution in [-0.4, -0.2) is 47.8 Å². The Morgan fingerprint density at radius 1 is 1.14 bits per heavy atom. The van der Waals surface area contributed by atoms with Gasteiger partial charge >= 0.3 is 5.97 Å². The smallest absolute Gasteiger partial charge is 0.329 e. The van der Waals surface area contributed by atoms with Crippen LogP contribution in [0.5, 0.6) is 0 Å². The number of hydrogen-bond acceptors (Lipinski definition) is 5. The van der Waals surface area contributed by atoms with E-state index in [2.05, 4.69) is 5.32 Å². The second-order valence-electron chi connectivity index (χ2n) is 7.21. The van der Waals surface area contributed by atoms with E-state index in [4.69, 9.17) is 16.3 Å². The van der Waals surface area contributed by atoms with Gasteiger partial charge in [-0.15, -0.1) is 0 Å². The van der Waals surface area contributed by atoms with Crippen molar-refractivity contribution in [1.82, 2.24) is 10.2 Å². The van der Waals surface area contributed by atoms with E-state index in [-0.39, 0.29) is 11.8 Å². The number of amides is 3. The Kier molecular flexibility index (Phi) is 6.69. The molecule has 0 radical (unpaired) electrons. The minimum atomic E-state index is -1.05. The van der Waals surface area contributed by atoms with Crippen LogP contribution in [0.4, 0.5) is 0 Å². The van der Waals surface area contributed by atoms with Crippen LogP contribution in [0, 0.1) is 11.8 Å². The summed E-state index contributed by atoms with van der Waals surface area (Å²) in [5.74, 6) is -2.72. The zero-order valence-electron chi connectivity index (χ0n) is 16.1. The fraction of sp³-hybridized carbons (Fsp3) is 0.429. The van der Waals surface area contributed by atoms with E-state index in [1.165, 1.54) is 6.92 Å². The zero-order chi connectivity index (χ0) is 21.0. The van der Waals surface area contributed by atoms with Crippen molar-refractivity contribution in [2.45, 2.75) is 32.2 Å². The number of benzene rings is 1. The summed E-state index contributed by atoms with van der Waals surface area (Å²) in [6, 6.07) is 6.23. The van der Waals surface area contributed by atoms with Gasteiger partial charge in [0.25, 0.3) is 5.91 Å². The van der Waals surface area contributed by atoms with Crippen molar-refractivity contribution in [3.63, 3.8) is 0 Å². The van der Waals surface area contributed by atoms with Crippen molar-refractivity contribution in [3.8, 4) is 0 Å². The molecule has 1 aliphatic heterocycles. The highest BCUT2D eigenvalue weighted by Crippen LogP contribution is 2.36. The van der Waals surface area contributed by atoms with Crippen LogP contribution in [0.25, 0.3) is 0 Å². The van der Waals surface area contributed by atoms with Crippen LogP contribution in [0.15, 0.2) is 36.4 Å². The van der Waals surface area contributed by atoms with Crippen LogP contribution in [0.1, 0.15) is 25.3 Å². The molecule has 0 unspecified atom stereocenters. The van der Waals surface area contributed by atoms with Gasteiger partial charge in [0.05, 0.1) is 11.8 Å². The molecule has 154 valence electrons. The summed E-state index contributed by atoms with van der Waals surface area (Å²) in [6.45, 7) is 1.36. The molecular weight excluding hydrogens is 396 g/mol. The third-order valence-corrected chi connectivity index (χ3v) is 5.52. The molecule has 29 heavy (non-hydrogen) atoms. The molecule has 2 aliphatic rings. The van der Waals surface area contributed by atoms with Gasteiger partial charge in [-0.1, -0.05) is 35.9 Å². The zero-order valence-corrected chi connectivity index (χ0v) is 16.9. The summed E-state index contributed by atoms with van der Waals surface area (Å²) in [4.78, 5) is 50.2. The van der Waals surface area contributed by atoms with Crippen LogP contribution in [-0.2, 0) is 30.3 Å². The van der Waals surface area contributed by atoms with Crippen molar-refractivity contribution in [2.24, 2.45) is 11.8 Å². The number of fused-ring (bicyclic) bond motifs is 1. The number of nitrogens with zero attached hydrogens (tertiary/aromatic N) is 1. The number of halogens is 1. The first-order valence-electron chi connectivity index (χ1n) is 9.58. The van der Waals surface area contributed by atoms with Gasteiger partial charge in [-0.25, -0.2) is 4.79 Å². The van der Waals surface area contributed by atoms with Crippen molar-refractivity contribution in [3.05, 3.63) is 47.0 Å². The molecule has 1 saturated heterocycles. The monoisotopic (exact) mass is 418 g/mol. The Labute approximate surface area is 174 Å². The molecule has 1 aliphatic carbocycles. The highest BCUT2D eigenvalue weighted by molar-refractivity contribution is 6.30. The van der Waals surface area contributed by atoms with Crippen molar-refractivity contribution < 1.29 is 23.9 Å². The predicted octanol–water partition coefficient (Wildman–Crippen LogP) is 1.88. The second kappa shape index (κ2) is 9.22. The quantitative estimate of drug-likeness (QED) is 0.414. The van der Waals surface area contributed by atoms with Crippen LogP contribution >= 0.6 is 11.6 Å². The number of rotatable bonds is 7. The van der Waals surface area contributed by atoms with Crippen LogP contribution in [0.3, 0.4) is 0 Å². The lowest BCUT2D eigenvalue weighted by Crippen LogP contribution is -2.45. The van der Waals surface area contributed by atoms with E-state index in [1.807, 2.05) is 24.3 Å². The van der Waals surface area contributed by atoms with E-state index in [0.717, 1.165) is 10.5 Å². The van der Waals surface area contributed by atoms with E-state index < -0.39 is 36.4 Å². The fourth-order valence-corrected chi connectivity index (χ4v) is 3.74. The molecular formula is C21H23ClN2O5. The lowest BCUT2D eigenvalue weighted by atomic mass is 9.85. The molecule has 0 saturated carbocycles. The number of esters is 1. The standard InChI is InChI=1S/C21H23ClN2O5/c1-13(24-19(26)16-4-2-3-5-17(16)20(24)27)21(28)29-12-18(25)23-11-10-14-6-8-15(22)9-7-14/h2-3,6-9,13,16-17H,4-5,10-12H2,1H3,(H,23,25)/t13-,16+,17+/m0/s1. The Balaban J connectivity index is 1.43. The number of allylic oxidation sites excluding steroid dienone is 2. The average molecular weight is 419 g/mol. The minimum Gasteiger partial charge on any atom is -0.454 e. The summed E-state index contributed by atoms with van der Waals surface area (Å²) in [7, 11) is 0. The number of carbonyl (C=O) groups excluding carboxylic acids is 4. The highest BCUT2D eigenvalue weighted by Gasteiger charge is 2.50. The minimum absolute atomic E-state index is 0.346. The first kappa shape index (κ1) is 21.0. The summed E-state index contributed by atoms with van der Waals surface area (Å²) in [5, 5.41) is 3.31. The average Bonchev–Trinajstić information content (AvgIpc) is 2.98. The lowest BCUT2D eigenvalue weighted by molar-refractivity contribution is -0.159. The molecule has 3 rings (SSSR count). The van der Waals surface area contributed by atoms with E-state index >= 15 is 0 Å². The van der Waals surface area contributed by atoms with Crippen molar-refractivity contribution in [2.75, 3.05) is 13.2 Å². The van der Waals surface area contributed by atoms with E-state index in [1.54, 1.807) is 12.1 Å². The Morgan fingerprint density at radius 2 is 1.72 bits per heavy atom. The maximum atomic E-state index is 12.5. The Morgan fingerprint density at radius 3 is 2.31 bits per heavy atom. The maximum absolute atomic E-state index is 12.5. The summed E-state index contributed by atoms with van der Waals surface area (Å²) >= 11 is 5.83. The fourth-order valence-electron chi connectivity index (χ4n) is 3.62. The summed E-state index contributed by atoms with van der Waals surface area (Å²) in [5.41, 5.74) is 1.02. The third-order valence-electron chi connectivity index (χ3n) is 5.26. The Bertz CT molecular complexity index is 810. The second-order valence-corrected chi connectivity index (χ2v) is 7.65. The van der Waals surface area contributed by atoms with Gasteiger partial charge in [-0.3, -0.25) is 19.3 Å². The van der Waals surface area contributed by atoms with Gasteiger partial charge < -0.3 is 10.1 Å². The van der Waals surface area contributed by atoms with Gasteiger partial charge in [0.1, 0.15) is 6.04 Å². The van der Waals surface area contributed by atoms with Gasteiger partial charge in [0.2, 0.25) is 11.8 Å². The number of hydrogen-bond donors (Lipinski definition) is 1. The molecule has 7 nitrogen and oxygen atoms in total. The number of ether oxygens (including phenoxy) is 1. The molecule has 3 amide bonds. The highest BCUT2D eigenvalue weighted by atomic mass is 35.5. The van der Waals surface area contributed by atoms with E-state index in [0.29, 0.717) is 30.8 Å². The number of imide groups is 1. The Hall–Kier alpha value is -2.67. The van der Waals surface area contributed by atoms with Gasteiger partial charge in [0.15, 0.2) is 6.61 Å². The molecule has 3 atom stereocenters. The maximum Gasteiger partial charge on any atom is 0.329 e. The van der Waals surface area contributed by atoms with Crippen molar-refractivity contribution >= 4 is 35.3 Å². The number of nitrogens with one attached hydrogen (secondary N) is 1. The molecule has 0 bridgehead atoms. The van der Waals surface area contributed by atoms with Crippen LogP contribution in [0.2, 0.25) is 5.02 Å². The molecule has 1 N–H and O–H groups in total. The van der Waals surface area contributed by atoms with Crippen molar-refractivity contribution in [1.29, 1.82) is 0 Å². The molecule has 1 aromatic carbocycles. The third kappa shape index (κ3) is 4.85. The summed E-state index contributed by atoms with van der Waals surface area (Å²) < 4.78 is 5.02. The molecule has 1 fully saturated rings. The van der Waals surface area contributed by atoms with E-state index in [9.17, 15) is 19.2 Å². The molecule has 8 heteroatoms. The lowest BCUT2D eigenvalue weighted by Gasteiger charge is -2.21. The molecule has 0 aromatic heterocycles. The first-order valence-corrected chi connectivity index (χ1v) is 9.96. The van der Waals surface area contributed by atoms with Gasteiger partial charge in [0, 0.05) is 11.6 Å². The van der Waals surface area contributed by atoms with Gasteiger partial charge in [-0.2, -0.15) is 0 Å². The SMILES string of the molecule is C[C@@H](C(=O)OCC(=O)NCCc1ccc(Cl)cc1)N1C(=O)[C@@H]2CC=CC[C@H]2C1=O. The summed E-state index contributed by atoms with van der Waals surface area (Å²) in [6.07, 6.45) is 5.38. The molecule has 0 spiro atoms. The van der Waals surface area contributed by atoms with Crippen LogP contribution < -0.4 is 5.32 Å². The number of likely N-dealkylation sites (tertiary alicyclic amines) is 1. The number of carbonyl (C=O) groups is 4. The molecule has 1 aromatic rings.